The number of likely N-dealkylation sites (tertiary alicyclic amines) is 1. The maximum absolute atomic E-state index is 14.3. The van der Waals surface area contributed by atoms with Gasteiger partial charge in [0.25, 0.3) is 5.91 Å². The summed E-state index contributed by atoms with van der Waals surface area (Å²) in [4.78, 5) is 46.5. The molecule has 186 valence electrons. The van der Waals surface area contributed by atoms with Gasteiger partial charge in [0.1, 0.15) is 11.6 Å². The molecular weight excluding hydrogens is 470 g/mol. The molecule has 0 radical (unpaired) electrons. The van der Waals surface area contributed by atoms with Crippen molar-refractivity contribution in [2.75, 3.05) is 31.6 Å². The highest BCUT2D eigenvalue weighted by atomic mass is 35.5. The highest BCUT2D eigenvalue weighted by Crippen LogP contribution is 2.54. The van der Waals surface area contributed by atoms with Gasteiger partial charge >= 0.3 is 0 Å². The molecule has 1 aromatic rings. The first-order chi connectivity index (χ1) is 16.7. The third-order valence-electron chi connectivity index (χ3n) is 7.76. The van der Waals surface area contributed by atoms with Crippen LogP contribution in [0, 0.1) is 17.8 Å². The number of aliphatic hydroxyl groups is 1. The molecule has 4 aliphatic rings. The van der Waals surface area contributed by atoms with Crippen LogP contribution in [0.1, 0.15) is 13.8 Å². The number of hydrogen-bond donors (Lipinski definition) is 1. The molecule has 0 bridgehead atoms. The maximum atomic E-state index is 14.3. The lowest BCUT2D eigenvalue weighted by molar-refractivity contribution is -0.147. The van der Waals surface area contributed by atoms with Crippen LogP contribution in [-0.2, 0) is 19.1 Å². The van der Waals surface area contributed by atoms with Gasteiger partial charge in [-0.3, -0.25) is 14.4 Å². The summed E-state index contributed by atoms with van der Waals surface area (Å²) in [5.74, 6) is -2.64. The number of halogens is 1. The quantitative estimate of drug-likeness (QED) is 0.639. The smallest absolute Gasteiger partial charge is 0.253 e. The zero-order valence-electron chi connectivity index (χ0n) is 20.0. The number of rotatable bonds is 4. The summed E-state index contributed by atoms with van der Waals surface area (Å²) in [6.45, 7) is 4.15. The molecule has 5 rings (SSSR count). The van der Waals surface area contributed by atoms with Crippen molar-refractivity contribution >= 4 is 35.0 Å². The molecule has 4 aliphatic heterocycles. The Hall–Kier alpha value is -2.68. The summed E-state index contributed by atoms with van der Waals surface area (Å²) < 4.78 is 6.57. The molecule has 0 aliphatic carbocycles. The Morgan fingerprint density at radius 1 is 1.11 bits per heavy atom. The first-order valence-corrected chi connectivity index (χ1v) is 12.4. The molecule has 4 heterocycles. The van der Waals surface area contributed by atoms with Crippen molar-refractivity contribution in [2.45, 2.75) is 37.6 Å². The summed E-state index contributed by atoms with van der Waals surface area (Å²) in [7, 11) is 1.70. The number of anilines is 1. The standard InChI is InChI=1S/C26H30ClN3O5/c1-15(2)18(14-31)30-22-25(34)29(17-9-5-4-8-16(17)27)13-7-11-26(22)21(24(30)33)20-19(35-26)10-6-12-28(3)23(20)32/h4-11,15,18-22,31H,12-14H2,1-3H3/t18-,19+,20-,21-,22?,26-/m0/s1. The monoisotopic (exact) mass is 499 g/mol. The molecular formula is C26H30ClN3O5. The fraction of sp³-hybridized carbons (Fsp3) is 0.500. The van der Waals surface area contributed by atoms with Crippen LogP contribution in [0.5, 0.6) is 0 Å². The van der Waals surface area contributed by atoms with Gasteiger partial charge in [0.15, 0.2) is 0 Å². The number of likely N-dealkylation sites (N-methyl/N-ethyl adjacent to an activating group) is 1. The van der Waals surface area contributed by atoms with Crippen molar-refractivity contribution in [2.24, 2.45) is 17.8 Å². The summed E-state index contributed by atoms with van der Waals surface area (Å²) in [5, 5.41) is 10.7. The van der Waals surface area contributed by atoms with E-state index in [1.54, 1.807) is 47.2 Å². The molecule has 2 saturated heterocycles. The van der Waals surface area contributed by atoms with Crippen LogP contribution in [0.4, 0.5) is 5.69 Å². The Bertz CT molecular complexity index is 1120. The van der Waals surface area contributed by atoms with Gasteiger partial charge in [-0.15, -0.1) is 0 Å². The number of carbonyl (C=O) groups is 3. The van der Waals surface area contributed by atoms with Crippen molar-refractivity contribution < 1.29 is 24.2 Å². The summed E-state index contributed by atoms with van der Waals surface area (Å²) in [6.07, 6.45) is 6.67. The SMILES string of the molecule is CC(C)[C@H](CO)N1C(=O)[C@@H]2[C@H]3C(=O)N(C)CC=C[C@H]3O[C@@]23C=CCN(c2ccccc2Cl)C(=O)C13. The van der Waals surface area contributed by atoms with E-state index in [1.165, 1.54) is 4.90 Å². The number of fused-ring (bicyclic) bond motifs is 2. The molecule has 6 atom stereocenters. The van der Waals surface area contributed by atoms with Gasteiger partial charge in [-0.05, 0) is 18.1 Å². The molecule has 35 heavy (non-hydrogen) atoms. The van der Waals surface area contributed by atoms with Crippen LogP contribution in [0.3, 0.4) is 0 Å². The predicted molar refractivity (Wildman–Crippen MR) is 131 cm³/mol. The van der Waals surface area contributed by atoms with E-state index in [4.69, 9.17) is 16.3 Å². The Labute approximate surface area is 209 Å². The molecule has 1 unspecified atom stereocenters. The third kappa shape index (κ3) is 3.45. The van der Waals surface area contributed by atoms with E-state index >= 15 is 0 Å². The summed E-state index contributed by atoms with van der Waals surface area (Å²) in [6, 6.07) is 5.39. The number of ether oxygens (including phenoxy) is 1. The maximum Gasteiger partial charge on any atom is 0.253 e. The zero-order chi connectivity index (χ0) is 25.1. The average molecular weight is 500 g/mol. The molecule has 3 amide bonds. The van der Waals surface area contributed by atoms with Gasteiger partial charge < -0.3 is 24.5 Å². The first kappa shape index (κ1) is 24.0. The van der Waals surface area contributed by atoms with Gasteiger partial charge in [-0.1, -0.05) is 61.9 Å². The van der Waals surface area contributed by atoms with Crippen molar-refractivity contribution in [3.8, 4) is 0 Å². The predicted octanol–water partition coefficient (Wildman–Crippen LogP) is 1.87. The van der Waals surface area contributed by atoms with Crippen molar-refractivity contribution in [1.82, 2.24) is 9.80 Å². The number of amides is 3. The molecule has 1 N–H and O–H groups in total. The van der Waals surface area contributed by atoms with Crippen molar-refractivity contribution in [3.63, 3.8) is 0 Å². The lowest BCUT2D eigenvalue weighted by atomic mass is 9.77. The number of hydrogen-bond acceptors (Lipinski definition) is 5. The molecule has 2 fully saturated rings. The van der Waals surface area contributed by atoms with E-state index in [-0.39, 0.29) is 36.8 Å². The van der Waals surface area contributed by atoms with Gasteiger partial charge in [-0.25, -0.2) is 0 Å². The van der Waals surface area contributed by atoms with Gasteiger partial charge in [0, 0.05) is 20.1 Å². The average Bonchev–Trinajstić information content (AvgIpc) is 3.14. The number of aliphatic hydroxyl groups excluding tert-OH is 1. The van der Waals surface area contributed by atoms with E-state index in [0.29, 0.717) is 17.3 Å². The molecule has 0 saturated carbocycles. The molecule has 9 heteroatoms. The minimum absolute atomic E-state index is 0.128. The Balaban J connectivity index is 1.68. The summed E-state index contributed by atoms with van der Waals surface area (Å²) in [5.41, 5.74) is -0.801. The highest BCUT2D eigenvalue weighted by Gasteiger charge is 2.72. The van der Waals surface area contributed by atoms with Gasteiger partial charge in [0.2, 0.25) is 11.8 Å². The van der Waals surface area contributed by atoms with Crippen molar-refractivity contribution in [1.29, 1.82) is 0 Å². The second-order valence-electron chi connectivity index (χ2n) is 10.0. The van der Waals surface area contributed by atoms with Crippen LogP contribution >= 0.6 is 11.6 Å². The lowest BCUT2D eigenvalue weighted by Crippen LogP contribution is -2.59. The van der Waals surface area contributed by atoms with E-state index < -0.39 is 35.6 Å². The number of carbonyl (C=O) groups excluding carboxylic acids is 3. The molecule has 1 spiro atoms. The number of benzene rings is 1. The molecule has 1 aromatic carbocycles. The largest absolute Gasteiger partial charge is 0.394 e. The molecule has 0 aromatic heterocycles. The van der Waals surface area contributed by atoms with Crippen LogP contribution in [0.2, 0.25) is 5.02 Å². The molecule has 8 nitrogen and oxygen atoms in total. The topological polar surface area (TPSA) is 90.4 Å². The minimum atomic E-state index is -1.33. The second-order valence-corrected chi connectivity index (χ2v) is 10.4. The Morgan fingerprint density at radius 3 is 2.54 bits per heavy atom. The summed E-state index contributed by atoms with van der Waals surface area (Å²) >= 11 is 6.46. The Morgan fingerprint density at radius 2 is 1.86 bits per heavy atom. The highest BCUT2D eigenvalue weighted by molar-refractivity contribution is 6.34. The third-order valence-corrected chi connectivity index (χ3v) is 8.07. The van der Waals surface area contributed by atoms with Crippen LogP contribution in [-0.4, -0.2) is 83.2 Å². The van der Waals surface area contributed by atoms with Crippen molar-refractivity contribution in [3.05, 3.63) is 53.6 Å². The fourth-order valence-corrected chi connectivity index (χ4v) is 6.30. The minimum Gasteiger partial charge on any atom is -0.394 e. The van der Waals surface area contributed by atoms with Gasteiger partial charge in [0.05, 0.1) is 41.3 Å². The van der Waals surface area contributed by atoms with E-state index in [1.807, 2.05) is 32.1 Å². The number of nitrogens with zero attached hydrogens (tertiary/aromatic N) is 3. The Kier molecular flexibility index (Phi) is 6.02. The van der Waals surface area contributed by atoms with Crippen LogP contribution < -0.4 is 4.90 Å². The first-order valence-electron chi connectivity index (χ1n) is 12.0. The second kappa shape index (κ2) is 8.76. The van der Waals surface area contributed by atoms with Gasteiger partial charge in [-0.2, -0.15) is 0 Å². The van der Waals surface area contributed by atoms with Crippen LogP contribution in [0.15, 0.2) is 48.6 Å². The van der Waals surface area contributed by atoms with E-state index in [2.05, 4.69) is 0 Å². The van der Waals surface area contributed by atoms with E-state index in [9.17, 15) is 19.5 Å². The lowest BCUT2D eigenvalue weighted by Gasteiger charge is -2.39. The number of para-hydroxylation sites is 1. The van der Waals surface area contributed by atoms with Crippen LogP contribution in [0.25, 0.3) is 0 Å². The van der Waals surface area contributed by atoms with E-state index in [0.717, 1.165) is 0 Å². The fourth-order valence-electron chi connectivity index (χ4n) is 6.07. The normalized spacial score (nSPS) is 33.1. The zero-order valence-corrected chi connectivity index (χ0v) is 20.8.